The van der Waals surface area contributed by atoms with Gasteiger partial charge in [-0.1, -0.05) is 24.3 Å². The Balaban J connectivity index is 1.25. The highest BCUT2D eigenvalue weighted by molar-refractivity contribution is 5.88. The van der Waals surface area contributed by atoms with Crippen molar-refractivity contribution in [3.63, 3.8) is 0 Å². The van der Waals surface area contributed by atoms with Gasteiger partial charge in [0.2, 0.25) is 0 Å². The van der Waals surface area contributed by atoms with E-state index in [1.807, 2.05) is 0 Å². The largest absolute Gasteiger partial charge is 0.381 e. The number of nitrogen functional groups attached to an aromatic ring is 1. The van der Waals surface area contributed by atoms with Gasteiger partial charge in [0.1, 0.15) is 17.0 Å². The van der Waals surface area contributed by atoms with E-state index in [-0.39, 0.29) is 22.8 Å². The third kappa shape index (κ3) is 2.77. The van der Waals surface area contributed by atoms with Gasteiger partial charge < -0.3 is 16.4 Å². The number of hydrogen-bond donors (Lipinski definition) is 3. The Bertz CT molecular complexity index is 1320. The second-order valence-electron chi connectivity index (χ2n) is 8.76. The average Bonchev–Trinajstić information content (AvgIpc) is 3.35. The maximum absolute atomic E-state index is 14.4. The summed E-state index contributed by atoms with van der Waals surface area (Å²) in [7, 11) is 0. The molecule has 1 atom stereocenters. The van der Waals surface area contributed by atoms with E-state index in [0.29, 0.717) is 16.9 Å². The van der Waals surface area contributed by atoms with Crippen molar-refractivity contribution in [2.24, 2.45) is 11.1 Å². The Morgan fingerprint density at radius 1 is 1.12 bits per heavy atom. The second kappa shape index (κ2) is 6.96. The van der Waals surface area contributed by atoms with Crippen LogP contribution in [0, 0.1) is 11.2 Å². The van der Waals surface area contributed by atoms with Crippen LogP contribution in [-0.4, -0.2) is 38.2 Å². The van der Waals surface area contributed by atoms with Gasteiger partial charge in [0.25, 0.3) is 0 Å². The molecule has 0 unspecified atom stereocenters. The normalized spacial score (nSPS) is 19.6. The lowest BCUT2D eigenvalue weighted by atomic mass is 9.73. The molecule has 3 aromatic heterocycles. The number of aromatic amines is 1. The number of nitrogens with one attached hydrogen (secondary N) is 1. The molecule has 8 nitrogen and oxygen atoms in total. The van der Waals surface area contributed by atoms with Crippen LogP contribution in [0.3, 0.4) is 0 Å². The van der Waals surface area contributed by atoms with Crippen molar-refractivity contribution in [1.29, 1.82) is 0 Å². The van der Waals surface area contributed by atoms with Gasteiger partial charge in [0.05, 0.1) is 6.20 Å². The smallest absolute Gasteiger partial charge is 0.177 e. The third-order valence-electron chi connectivity index (χ3n) is 7.10. The molecular formula is C23H23FN8. The van der Waals surface area contributed by atoms with Crippen LogP contribution in [0.15, 0.2) is 42.7 Å². The van der Waals surface area contributed by atoms with E-state index < -0.39 is 5.82 Å². The molecule has 5 N–H and O–H groups in total. The molecule has 4 heterocycles. The molecule has 2 aliphatic rings. The molecule has 1 saturated heterocycles. The number of nitrogens with two attached hydrogens (primary N) is 2. The highest BCUT2D eigenvalue weighted by Crippen LogP contribution is 2.50. The number of H-pyrrole nitrogens is 1. The van der Waals surface area contributed by atoms with Gasteiger partial charge in [-0.15, -0.1) is 0 Å². The quantitative estimate of drug-likeness (QED) is 0.447. The number of nitrogens with zero attached hydrogens (tertiary/aromatic N) is 5. The topological polar surface area (TPSA) is 123 Å². The molecule has 0 bridgehead atoms. The Hall–Kier alpha value is -3.59. The highest BCUT2D eigenvalue weighted by Gasteiger charge is 2.45. The first-order valence-electron chi connectivity index (χ1n) is 10.8. The molecule has 1 aliphatic carbocycles. The molecule has 0 saturated carbocycles. The number of aromatic nitrogens is 5. The molecule has 4 aromatic rings. The van der Waals surface area contributed by atoms with Crippen LogP contribution in [0.4, 0.5) is 16.0 Å². The van der Waals surface area contributed by atoms with Crippen molar-refractivity contribution in [2.45, 2.75) is 25.3 Å². The fourth-order valence-corrected chi connectivity index (χ4v) is 5.26. The van der Waals surface area contributed by atoms with E-state index in [9.17, 15) is 4.39 Å². The molecule has 162 valence electrons. The van der Waals surface area contributed by atoms with Crippen LogP contribution in [0.25, 0.3) is 22.4 Å². The monoisotopic (exact) mass is 430 g/mol. The predicted octanol–water partition coefficient (Wildman–Crippen LogP) is 2.98. The van der Waals surface area contributed by atoms with Crippen LogP contribution in [0.5, 0.6) is 0 Å². The molecule has 0 radical (unpaired) electrons. The lowest BCUT2D eigenvalue weighted by Gasteiger charge is -2.42. The zero-order valence-electron chi connectivity index (χ0n) is 17.4. The van der Waals surface area contributed by atoms with E-state index in [4.69, 9.17) is 16.5 Å². The summed E-state index contributed by atoms with van der Waals surface area (Å²) in [6.45, 7) is 1.72. The van der Waals surface area contributed by atoms with E-state index in [1.165, 1.54) is 23.4 Å². The SMILES string of the molecule is Nc1nccc(-c2n[nH]c3nc(N4CCC5(CC4)Cc4ccccc4[C@@H]5N)cnc23)c1F. The lowest BCUT2D eigenvalue weighted by Crippen LogP contribution is -2.44. The number of benzene rings is 1. The second-order valence-corrected chi connectivity index (χ2v) is 8.76. The van der Waals surface area contributed by atoms with Crippen LogP contribution >= 0.6 is 0 Å². The molecular weight excluding hydrogens is 407 g/mol. The first-order valence-corrected chi connectivity index (χ1v) is 10.8. The fourth-order valence-electron chi connectivity index (χ4n) is 5.26. The molecule has 0 amide bonds. The Labute approximate surface area is 183 Å². The first kappa shape index (κ1) is 19.1. The van der Waals surface area contributed by atoms with Gasteiger partial charge in [0, 0.05) is 30.9 Å². The summed E-state index contributed by atoms with van der Waals surface area (Å²) in [5, 5.41) is 7.12. The molecule has 32 heavy (non-hydrogen) atoms. The first-order chi connectivity index (χ1) is 15.6. The third-order valence-corrected chi connectivity index (χ3v) is 7.10. The van der Waals surface area contributed by atoms with Crippen LogP contribution < -0.4 is 16.4 Å². The van der Waals surface area contributed by atoms with Gasteiger partial charge in [-0.25, -0.2) is 19.3 Å². The molecule has 1 fully saturated rings. The van der Waals surface area contributed by atoms with Crippen molar-refractivity contribution < 1.29 is 4.39 Å². The summed E-state index contributed by atoms with van der Waals surface area (Å²) >= 11 is 0. The van der Waals surface area contributed by atoms with Crippen molar-refractivity contribution in [3.05, 3.63) is 59.7 Å². The molecule has 9 heteroatoms. The molecule has 1 aliphatic heterocycles. The summed E-state index contributed by atoms with van der Waals surface area (Å²) in [6.07, 6.45) is 6.21. The summed E-state index contributed by atoms with van der Waals surface area (Å²) < 4.78 is 14.4. The number of fused-ring (bicyclic) bond motifs is 2. The highest BCUT2D eigenvalue weighted by atomic mass is 19.1. The molecule has 1 spiro atoms. The number of piperidine rings is 1. The number of rotatable bonds is 2. The number of anilines is 2. The van der Waals surface area contributed by atoms with Gasteiger partial charge in [-0.3, -0.25) is 5.10 Å². The summed E-state index contributed by atoms with van der Waals surface area (Å²) in [5.74, 6) is 0.00102. The molecule has 6 rings (SSSR count). The Kier molecular flexibility index (Phi) is 4.16. The lowest BCUT2D eigenvalue weighted by molar-refractivity contribution is 0.187. The van der Waals surface area contributed by atoms with Gasteiger partial charge in [0.15, 0.2) is 17.3 Å². The van der Waals surface area contributed by atoms with Crippen LogP contribution in [0.1, 0.15) is 30.0 Å². The Morgan fingerprint density at radius 2 is 1.94 bits per heavy atom. The predicted molar refractivity (Wildman–Crippen MR) is 120 cm³/mol. The van der Waals surface area contributed by atoms with Crippen LogP contribution in [-0.2, 0) is 6.42 Å². The number of halogens is 1. The minimum atomic E-state index is -0.609. The minimum Gasteiger partial charge on any atom is -0.381 e. The molecule has 1 aromatic carbocycles. The van der Waals surface area contributed by atoms with E-state index in [1.54, 1.807) is 6.20 Å². The maximum atomic E-state index is 14.4. The van der Waals surface area contributed by atoms with E-state index in [2.05, 4.69) is 49.3 Å². The zero-order valence-corrected chi connectivity index (χ0v) is 17.4. The van der Waals surface area contributed by atoms with Crippen molar-refractivity contribution in [2.75, 3.05) is 23.7 Å². The maximum Gasteiger partial charge on any atom is 0.177 e. The van der Waals surface area contributed by atoms with Gasteiger partial charge in [-0.2, -0.15) is 5.10 Å². The summed E-state index contributed by atoms with van der Waals surface area (Å²) in [4.78, 5) is 15.3. The van der Waals surface area contributed by atoms with Crippen molar-refractivity contribution in [1.82, 2.24) is 25.1 Å². The standard InChI is InChI=1S/C23H23FN8/c24-17-15(5-8-27-21(17)26)18-19-22(31-30-18)29-16(12-28-19)32-9-6-23(7-10-32)11-13-3-1-2-4-14(13)20(23)25/h1-5,8,12,20H,6-7,9-11,25H2,(H2,26,27)(H,29,30,31)/t20-/m0/s1. The van der Waals surface area contributed by atoms with Crippen molar-refractivity contribution in [3.8, 4) is 11.3 Å². The summed E-state index contributed by atoms with van der Waals surface area (Å²) in [5.41, 5.74) is 16.7. The minimum absolute atomic E-state index is 0.0762. The van der Waals surface area contributed by atoms with Crippen LogP contribution in [0.2, 0.25) is 0 Å². The zero-order chi connectivity index (χ0) is 21.9. The fraction of sp³-hybridized carbons (Fsp3) is 0.304. The number of pyridine rings is 1. The van der Waals surface area contributed by atoms with Gasteiger partial charge >= 0.3 is 0 Å². The van der Waals surface area contributed by atoms with Crippen molar-refractivity contribution >= 4 is 22.8 Å². The van der Waals surface area contributed by atoms with Gasteiger partial charge in [-0.05, 0) is 41.9 Å². The average molecular weight is 430 g/mol. The Morgan fingerprint density at radius 3 is 2.75 bits per heavy atom. The summed E-state index contributed by atoms with van der Waals surface area (Å²) in [6, 6.07) is 10.1. The van der Waals surface area contributed by atoms with E-state index >= 15 is 0 Å². The number of hydrogen-bond acceptors (Lipinski definition) is 7. The van der Waals surface area contributed by atoms with E-state index in [0.717, 1.165) is 38.2 Å².